The number of rotatable bonds is 3. The molecular formula is C14H16NO3S+. The van der Waals surface area contributed by atoms with E-state index >= 15 is 0 Å². The Balaban J connectivity index is 2.33. The molecule has 0 atom stereocenters. The maximum Gasteiger partial charge on any atom is 0.396 e. The van der Waals surface area contributed by atoms with E-state index in [0.717, 1.165) is 16.8 Å². The first kappa shape index (κ1) is 13.5. The Labute approximate surface area is 113 Å². The van der Waals surface area contributed by atoms with E-state index in [1.165, 1.54) is 16.9 Å². The van der Waals surface area contributed by atoms with Gasteiger partial charge in [0.05, 0.1) is 0 Å². The molecule has 0 aliphatic carbocycles. The molecule has 0 spiro atoms. The lowest BCUT2D eigenvalue weighted by atomic mass is 10.2. The van der Waals surface area contributed by atoms with Crippen molar-refractivity contribution in [3.63, 3.8) is 0 Å². The second-order valence-corrected chi connectivity index (χ2v) is 6.04. The van der Waals surface area contributed by atoms with Crippen molar-refractivity contribution in [3.05, 3.63) is 59.4 Å². The van der Waals surface area contributed by atoms with Crippen LogP contribution < -0.4 is 9.01 Å². The minimum atomic E-state index is -3.80. The van der Waals surface area contributed by atoms with E-state index in [1.807, 2.05) is 19.9 Å². The second kappa shape index (κ2) is 5.01. The van der Waals surface area contributed by atoms with Crippen LogP contribution in [0.1, 0.15) is 16.8 Å². The molecule has 0 N–H and O–H groups in total. The quantitative estimate of drug-likeness (QED) is 0.803. The molecule has 5 heteroatoms. The topological polar surface area (TPSA) is 47.3 Å². The van der Waals surface area contributed by atoms with Gasteiger partial charge in [-0.15, -0.1) is 4.28 Å². The number of pyridine rings is 1. The summed E-state index contributed by atoms with van der Waals surface area (Å²) in [6.07, 6.45) is 1.59. The molecule has 0 aliphatic rings. The van der Waals surface area contributed by atoms with Crippen LogP contribution in [0.2, 0.25) is 0 Å². The van der Waals surface area contributed by atoms with E-state index < -0.39 is 10.1 Å². The Bertz CT molecular complexity index is 691. The van der Waals surface area contributed by atoms with Crippen molar-refractivity contribution in [1.29, 1.82) is 0 Å². The first-order valence-electron chi connectivity index (χ1n) is 5.89. The van der Waals surface area contributed by atoms with Crippen molar-refractivity contribution < 1.29 is 17.4 Å². The van der Waals surface area contributed by atoms with Crippen LogP contribution in [0, 0.1) is 20.8 Å². The predicted octanol–water partition coefficient (Wildman–Crippen LogP) is 1.72. The monoisotopic (exact) mass is 278 g/mol. The summed E-state index contributed by atoms with van der Waals surface area (Å²) in [6.45, 7) is 5.62. The zero-order valence-corrected chi connectivity index (χ0v) is 11.9. The van der Waals surface area contributed by atoms with Crippen LogP contribution in [0.3, 0.4) is 0 Å². The van der Waals surface area contributed by atoms with Gasteiger partial charge in [-0.2, -0.15) is 8.42 Å². The normalized spacial score (nSPS) is 11.3. The standard InChI is InChI=1S/C14H16NO3S/c1-11-4-6-14(7-5-11)19(16,17)18-15-9-8-12(2)10-13(15)3/h4-10H,1-3H3/q+1. The van der Waals surface area contributed by atoms with Gasteiger partial charge in [0.2, 0.25) is 11.9 Å². The van der Waals surface area contributed by atoms with Crippen LogP contribution in [-0.4, -0.2) is 8.42 Å². The van der Waals surface area contributed by atoms with E-state index in [0.29, 0.717) is 0 Å². The Kier molecular flexibility index (Phi) is 3.57. The summed E-state index contributed by atoms with van der Waals surface area (Å²) >= 11 is 0. The summed E-state index contributed by atoms with van der Waals surface area (Å²) in [5.74, 6) is 0. The average molecular weight is 278 g/mol. The molecule has 0 radical (unpaired) electrons. The molecule has 2 aromatic rings. The van der Waals surface area contributed by atoms with Crippen molar-refractivity contribution in [3.8, 4) is 0 Å². The molecule has 0 saturated heterocycles. The van der Waals surface area contributed by atoms with Crippen LogP contribution in [0.5, 0.6) is 0 Å². The van der Waals surface area contributed by atoms with Crippen molar-refractivity contribution in [1.82, 2.24) is 0 Å². The van der Waals surface area contributed by atoms with E-state index in [1.54, 1.807) is 31.3 Å². The van der Waals surface area contributed by atoms with Gasteiger partial charge in [0, 0.05) is 23.8 Å². The fourth-order valence-corrected chi connectivity index (χ4v) is 2.62. The highest BCUT2D eigenvalue weighted by molar-refractivity contribution is 7.86. The highest BCUT2D eigenvalue weighted by Crippen LogP contribution is 2.10. The molecule has 0 amide bonds. The van der Waals surface area contributed by atoms with Gasteiger partial charge in [-0.3, -0.25) is 0 Å². The summed E-state index contributed by atoms with van der Waals surface area (Å²) in [6, 6.07) is 10.2. The van der Waals surface area contributed by atoms with Gasteiger partial charge in [-0.25, -0.2) is 0 Å². The smallest absolute Gasteiger partial charge is 0.176 e. The zero-order valence-electron chi connectivity index (χ0n) is 11.1. The van der Waals surface area contributed by atoms with Crippen molar-refractivity contribution in [2.24, 2.45) is 0 Å². The van der Waals surface area contributed by atoms with Crippen molar-refractivity contribution >= 4 is 10.1 Å². The minimum Gasteiger partial charge on any atom is -0.176 e. The summed E-state index contributed by atoms with van der Waals surface area (Å²) in [7, 11) is -3.80. The lowest BCUT2D eigenvalue weighted by Crippen LogP contribution is -2.47. The third-order valence-electron chi connectivity index (χ3n) is 2.75. The van der Waals surface area contributed by atoms with E-state index in [4.69, 9.17) is 4.28 Å². The second-order valence-electron chi connectivity index (χ2n) is 4.51. The molecule has 100 valence electrons. The van der Waals surface area contributed by atoms with Crippen LogP contribution >= 0.6 is 0 Å². The van der Waals surface area contributed by atoms with Crippen LogP contribution in [-0.2, 0) is 10.1 Å². The Morgan fingerprint density at radius 3 is 2.16 bits per heavy atom. The van der Waals surface area contributed by atoms with Gasteiger partial charge >= 0.3 is 10.1 Å². The van der Waals surface area contributed by atoms with E-state index in [2.05, 4.69) is 0 Å². The highest BCUT2D eigenvalue weighted by Gasteiger charge is 2.23. The molecule has 0 fully saturated rings. The summed E-state index contributed by atoms with van der Waals surface area (Å²) in [5.41, 5.74) is 2.76. The predicted molar refractivity (Wildman–Crippen MR) is 71.1 cm³/mol. The Morgan fingerprint density at radius 1 is 0.947 bits per heavy atom. The molecular weight excluding hydrogens is 262 g/mol. The number of hydrogen-bond donors (Lipinski definition) is 0. The molecule has 19 heavy (non-hydrogen) atoms. The summed E-state index contributed by atoms with van der Waals surface area (Å²) in [5, 5.41) is 0. The lowest BCUT2D eigenvalue weighted by Gasteiger charge is -2.03. The maximum absolute atomic E-state index is 12.1. The van der Waals surface area contributed by atoms with Crippen molar-refractivity contribution in [2.75, 3.05) is 0 Å². The minimum absolute atomic E-state index is 0.144. The first-order valence-corrected chi connectivity index (χ1v) is 7.30. The number of hydrogen-bond acceptors (Lipinski definition) is 3. The molecule has 0 saturated carbocycles. The van der Waals surface area contributed by atoms with Gasteiger partial charge in [0.25, 0.3) is 0 Å². The Hall–Kier alpha value is -1.88. The number of aryl methyl sites for hydroxylation is 3. The third kappa shape index (κ3) is 3.12. The van der Waals surface area contributed by atoms with Gasteiger partial charge in [-0.05, 0) is 31.5 Å². The summed E-state index contributed by atoms with van der Waals surface area (Å²) in [4.78, 5) is 0.144. The lowest BCUT2D eigenvalue weighted by molar-refractivity contribution is -0.860. The highest BCUT2D eigenvalue weighted by atomic mass is 32.2. The largest absolute Gasteiger partial charge is 0.396 e. The molecule has 0 bridgehead atoms. The van der Waals surface area contributed by atoms with Crippen LogP contribution in [0.4, 0.5) is 0 Å². The molecule has 0 unspecified atom stereocenters. The Morgan fingerprint density at radius 2 is 1.58 bits per heavy atom. The fourth-order valence-electron chi connectivity index (χ4n) is 1.68. The van der Waals surface area contributed by atoms with Gasteiger partial charge in [0.15, 0.2) is 0 Å². The van der Waals surface area contributed by atoms with E-state index in [-0.39, 0.29) is 4.90 Å². The number of benzene rings is 1. The molecule has 4 nitrogen and oxygen atoms in total. The third-order valence-corrected chi connectivity index (χ3v) is 3.95. The maximum atomic E-state index is 12.1. The van der Waals surface area contributed by atoms with Crippen LogP contribution in [0.15, 0.2) is 47.5 Å². The van der Waals surface area contributed by atoms with Gasteiger partial charge in [0.1, 0.15) is 4.90 Å². The SMILES string of the molecule is Cc1ccc(S(=O)(=O)O[n+]2ccc(C)cc2C)cc1. The number of aromatic nitrogens is 1. The first-order chi connectivity index (χ1) is 8.88. The number of nitrogens with zero attached hydrogens (tertiary/aromatic N) is 1. The van der Waals surface area contributed by atoms with Crippen molar-refractivity contribution in [2.45, 2.75) is 25.7 Å². The van der Waals surface area contributed by atoms with Gasteiger partial charge < -0.3 is 0 Å². The van der Waals surface area contributed by atoms with E-state index in [9.17, 15) is 8.42 Å². The molecule has 1 aromatic heterocycles. The molecule has 2 rings (SSSR count). The molecule has 1 heterocycles. The molecule has 1 aromatic carbocycles. The van der Waals surface area contributed by atoms with Gasteiger partial charge in [-0.1, -0.05) is 17.7 Å². The average Bonchev–Trinajstić information content (AvgIpc) is 2.33. The van der Waals surface area contributed by atoms with Crippen LogP contribution in [0.25, 0.3) is 0 Å². The fraction of sp³-hybridized carbons (Fsp3) is 0.214. The molecule has 0 aliphatic heterocycles. The summed E-state index contributed by atoms with van der Waals surface area (Å²) < 4.78 is 30.6. The zero-order chi connectivity index (χ0) is 14.0.